The first kappa shape index (κ1) is 15.3. The highest BCUT2D eigenvalue weighted by atomic mass is 16.5. The van der Waals surface area contributed by atoms with Crippen LogP contribution in [0.4, 0.5) is 0 Å². The van der Waals surface area contributed by atoms with E-state index in [4.69, 9.17) is 10.5 Å². The summed E-state index contributed by atoms with van der Waals surface area (Å²) in [5.74, 6) is 1.63. The summed E-state index contributed by atoms with van der Waals surface area (Å²) in [6.45, 7) is 7.45. The second-order valence-electron chi connectivity index (χ2n) is 6.95. The Labute approximate surface area is 118 Å². The van der Waals surface area contributed by atoms with Gasteiger partial charge in [-0.2, -0.15) is 0 Å². The fourth-order valence-electron chi connectivity index (χ4n) is 3.90. The van der Waals surface area contributed by atoms with E-state index in [0.29, 0.717) is 0 Å². The lowest BCUT2D eigenvalue weighted by atomic mass is 9.70. The highest BCUT2D eigenvalue weighted by molar-refractivity contribution is 5.02. The molecule has 0 aromatic rings. The summed E-state index contributed by atoms with van der Waals surface area (Å²) in [6.07, 6.45) is 8.03. The van der Waals surface area contributed by atoms with Crippen LogP contribution in [0.25, 0.3) is 0 Å². The minimum Gasteiger partial charge on any atom is -0.383 e. The van der Waals surface area contributed by atoms with E-state index in [0.717, 1.165) is 37.6 Å². The second-order valence-corrected chi connectivity index (χ2v) is 6.95. The van der Waals surface area contributed by atoms with Crippen molar-refractivity contribution in [2.45, 2.75) is 64.0 Å². The molecule has 2 unspecified atom stereocenters. The molecule has 0 radical (unpaired) electrons. The molecule has 2 rings (SSSR count). The van der Waals surface area contributed by atoms with Gasteiger partial charge in [-0.05, 0) is 37.5 Å². The quantitative estimate of drug-likeness (QED) is 0.771. The molecule has 3 heteroatoms. The lowest BCUT2D eigenvalue weighted by molar-refractivity contribution is 0.00313. The summed E-state index contributed by atoms with van der Waals surface area (Å²) in [4.78, 5) is 2.71. The van der Waals surface area contributed by atoms with E-state index in [1.165, 1.54) is 38.5 Å². The van der Waals surface area contributed by atoms with E-state index >= 15 is 0 Å². The number of hydrogen-bond donors (Lipinski definition) is 1. The smallest absolute Gasteiger partial charge is 0.0590 e. The van der Waals surface area contributed by atoms with Crippen molar-refractivity contribution in [1.29, 1.82) is 0 Å². The fraction of sp³-hybridized carbons (Fsp3) is 1.00. The Morgan fingerprint density at radius 2 is 2.05 bits per heavy atom. The van der Waals surface area contributed by atoms with Gasteiger partial charge < -0.3 is 10.5 Å². The molecule has 2 aliphatic rings. The van der Waals surface area contributed by atoms with Gasteiger partial charge in [-0.15, -0.1) is 0 Å². The average molecular weight is 268 g/mol. The molecule has 0 heterocycles. The maximum Gasteiger partial charge on any atom is 0.0590 e. The Bertz CT molecular complexity index is 278. The van der Waals surface area contributed by atoms with Gasteiger partial charge in [0.15, 0.2) is 0 Å². The molecule has 0 bridgehead atoms. The van der Waals surface area contributed by atoms with E-state index in [-0.39, 0.29) is 5.54 Å². The van der Waals surface area contributed by atoms with Gasteiger partial charge in [0.05, 0.1) is 6.61 Å². The molecule has 2 aliphatic carbocycles. The number of nitrogens with zero attached hydrogens (tertiary/aromatic N) is 1. The van der Waals surface area contributed by atoms with Crippen LogP contribution in [0.1, 0.15) is 52.4 Å². The predicted octanol–water partition coefficient (Wildman–Crippen LogP) is 2.64. The van der Waals surface area contributed by atoms with Crippen molar-refractivity contribution < 1.29 is 4.74 Å². The third-order valence-corrected chi connectivity index (χ3v) is 5.32. The Kier molecular flexibility index (Phi) is 5.27. The van der Waals surface area contributed by atoms with Gasteiger partial charge in [0.1, 0.15) is 0 Å². The van der Waals surface area contributed by atoms with E-state index < -0.39 is 0 Å². The third-order valence-electron chi connectivity index (χ3n) is 5.32. The van der Waals surface area contributed by atoms with Gasteiger partial charge in [-0.3, -0.25) is 4.90 Å². The number of ether oxygens (including phenoxy) is 1. The van der Waals surface area contributed by atoms with Gasteiger partial charge in [0, 0.05) is 31.8 Å². The summed E-state index contributed by atoms with van der Waals surface area (Å²) < 4.78 is 5.32. The molecule has 0 aromatic carbocycles. The Morgan fingerprint density at radius 3 is 2.58 bits per heavy atom. The molecule has 19 heavy (non-hydrogen) atoms. The normalized spacial score (nSPS) is 32.2. The van der Waals surface area contributed by atoms with Crippen molar-refractivity contribution >= 4 is 0 Å². The lowest BCUT2D eigenvalue weighted by Gasteiger charge is -2.49. The SMILES string of the molecule is COCCN(C1CC1)C1(CN)CCCC(C(C)C)C1. The first-order valence-electron chi connectivity index (χ1n) is 8.08. The third kappa shape index (κ3) is 3.50. The lowest BCUT2D eigenvalue weighted by Crippen LogP contribution is -2.58. The Morgan fingerprint density at radius 1 is 1.32 bits per heavy atom. The number of hydrogen-bond acceptors (Lipinski definition) is 3. The number of methoxy groups -OCH3 is 1. The molecule has 0 spiro atoms. The molecule has 2 fully saturated rings. The fourth-order valence-corrected chi connectivity index (χ4v) is 3.90. The summed E-state index contributed by atoms with van der Waals surface area (Å²) in [6, 6.07) is 0.782. The van der Waals surface area contributed by atoms with Gasteiger partial charge in [0.2, 0.25) is 0 Å². The number of nitrogens with two attached hydrogens (primary N) is 1. The zero-order valence-electron chi connectivity index (χ0n) is 13.0. The van der Waals surface area contributed by atoms with Crippen molar-refractivity contribution in [2.75, 3.05) is 26.8 Å². The van der Waals surface area contributed by atoms with Crippen LogP contribution in [-0.4, -0.2) is 43.3 Å². The van der Waals surface area contributed by atoms with Crippen LogP contribution in [0.2, 0.25) is 0 Å². The zero-order valence-corrected chi connectivity index (χ0v) is 13.0. The molecule has 0 aromatic heterocycles. The molecule has 2 atom stereocenters. The summed E-state index contributed by atoms with van der Waals surface area (Å²) in [5.41, 5.74) is 6.51. The topological polar surface area (TPSA) is 38.5 Å². The predicted molar refractivity (Wildman–Crippen MR) is 80.2 cm³/mol. The summed E-state index contributed by atoms with van der Waals surface area (Å²) in [7, 11) is 1.80. The molecule has 2 N–H and O–H groups in total. The van der Waals surface area contributed by atoms with Crippen molar-refractivity contribution in [3.8, 4) is 0 Å². The minimum absolute atomic E-state index is 0.257. The molecule has 2 saturated carbocycles. The van der Waals surface area contributed by atoms with Crippen LogP contribution in [0.15, 0.2) is 0 Å². The van der Waals surface area contributed by atoms with E-state index in [1.54, 1.807) is 7.11 Å². The van der Waals surface area contributed by atoms with Crippen LogP contribution in [0.5, 0.6) is 0 Å². The van der Waals surface area contributed by atoms with Crippen molar-refractivity contribution in [3.63, 3.8) is 0 Å². The Hall–Kier alpha value is -0.120. The second kappa shape index (κ2) is 6.55. The maximum absolute atomic E-state index is 6.26. The molecule has 0 saturated heterocycles. The Balaban J connectivity index is 2.09. The van der Waals surface area contributed by atoms with Crippen molar-refractivity contribution in [3.05, 3.63) is 0 Å². The summed E-state index contributed by atoms with van der Waals surface area (Å²) in [5, 5.41) is 0. The largest absolute Gasteiger partial charge is 0.383 e. The highest BCUT2D eigenvalue weighted by Gasteiger charge is 2.46. The molecular formula is C16H32N2O. The summed E-state index contributed by atoms with van der Waals surface area (Å²) >= 11 is 0. The van der Waals surface area contributed by atoms with Crippen LogP contribution in [-0.2, 0) is 4.74 Å². The molecule has 112 valence electrons. The van der Waals surface area contributed by atoms with Crippen LogP contribution in [0, 0.1) is 11.8 Å². The zero-order chi connectivity index (χ0) is 13.9. The van der Waals surface area contributed by atoms with E-state index in [1.807, 2.05) is 0 Å². The van der Waals surface area contributed by atoms with E-state index in [2.05, 4.69) is 18.7 Å². The maximum atomic E-state index is 6.26. The first-order valence-corrected chi connectivity index (χ1v) is 8.08. The average Bonchev–Trinajstić information content (AvgIpc) is 3.24. The van der Waals surface area contributed by atoms with Gasteiger partial charge in [-0.1, -0.05) is 26.7 Å². The monoisotopic (exact) mass is 268 g/mol. The van der Waals surface area contributed by atoms with Crippen LogP contribution < -0.4 is 5.73 Å². The van der Waals surface area contributed by atoms with Gasteiger partial charge in [0.25, 0.3) is 0 Å². The highest BCUT2D eigenvalue weighted by Crippen LogP contribution is 2.43. The van der Waals surface area contributed by atoms with E-state index in [9.17, 15) is 0 Å². The number of rotatable bonds is 7. The molecular weight excluding hydrogens is 236 g/mol. The van der Waals surface area contributed by atoms with Crippen molar-refractivity contribution in [2.24, 2.45) is 17.6 Å². The van der Waals surface area contributed by atoms with Crippen LogP contribution in [0.3, 0.4) is 0 Å². The molecule has 0 amide bonds. The first-order chi connectivity index (χ1) is 9.13. The standard InChI is InChI=1S/C16H32N2O/c1-13(2)14-5-4-8-16(11-14,12-17)18(9-10-19-3)15-6-7-15/h13-15H,4-12,17H2,1-3H3. The van der Waals surface area contributed by atoms with Gasteiger partial charge >= 0.3 is 0 Å². The van der Waals surface area contributed by atoms with Crippen LogP contribution >= 0.6 is 0 Å². The van der Waals surface area contributed by atoms with Crippen molar-refractivity contribution in [1.82, 2.24) is 4.90 Å². The minimum atomic E-state index is 0.257. The van der Waals surface area contributed by atoms with Gasteiger partial charge in [-0.25, -0.2) is 0 Å². The molecule has 0 aliphatic heterocycles. The molecule has 3 nitrogen and oxygen atoms in total.